The van der Waals surface area contributed by atoms with E-state index >= 15 is 0 Å². The highest BCUT2D eigenvalue weighted by Gasteiger charge is 2.24. The lowest BCUT2D eigenvalue weighted by molar-refractivity contribution is -0.115. The monoisotopic (exact) mass is 486 g/mol. The molecule has 1 N–H and O–H groups in total. The molecule has 0 aliphatic carbocycles. The maximum absolute atomic E-state index is 12.8. The zero-order valence-electron chi connectivity index (χ0n) is 20.4. The Bertz CT molecular complexity index is 1240. The van der Waals surface area contributed by atoms with Gasteiger partial charge in [-0.3, -0.25) is 9.36 Å². The highest BCUT2D eigenvalue weighted by atomic mass is 32.2. The largest absolute Gasteiger partial charge is 0.483 e. The molecule has 6 nitrogen and oxygen atoms in total. The van der Waals surface area contributed by atoms with Crippen molar-refractivity contribution in [2.45, 2.75) is 50.1 Å². The van der Waals surface area contributed by atoms with Gasteiger partial charge in [-0.15, -0.1) is 10.2 Å². The van der Waals surface area contributed by atoms with Crippen LogP contribution in [0, 0.1) is 0 Å². The lowest BCUT2D eigenvalue weighted by atomic mass is 10.0. The molecule has 1 aromatic heterocycles. The molecule has 0 radical (unpaired) electrons. The molecular formula is C28H30N4O2S. The van der Waals surface area contributed by atoms with Crippen molar-refractivity contribution in [3.05, 3.63) is 96.3 Å². The van der Waals surface area contributed by atoms with Crippen LogP contribution in [0.3, 0.4) is 0 Å². The Morgan fingerprint density at radius 3 is 2.11 bits per heavy atom. The van der Waals surface area contributed by atoms with E-state index in [2.05, 4.69) is 41.5 Å². The highest BCUT2D eigenvalue weighted by molar-refractivity contribution is 8.00. The van der Waals surface area contributed by atoms with E-state index in [1.807, 2.05) is 91.2 Å². The van der Waals surface area contributed by atoms with Crippen LogP contribution in [0.5, 0.6) is 5.75 Å². The molecule has 2 atom stereocenters. The van der Waals surface area contributed by atoms with Gasteiger partial charge in [-0.05, 0) is 61.7 Å². The van der Waals surface area contributed by atoms with Crippen molar-refractivity contribution in [3.63, 3.8) is 0 Å². The summed E-state index contributed by atoms with van der Waals surface area (Å²) < 4.78 is 8.19. The first-order chi connectivity index (χ1) is 16.9. The summed E-state index contributed by atoms with van der Waals surface area (Å²) in [5, 5.41) is 12.1. The maximum atomic E-state index is 12.8. The van der Waals surface area contributed by atoms with Crippen LogP contribution in [-0.2, 0) is 4.79 Å². The summed E-state index contributed by atoms with van der Waals surface area (Å²) in [6, 6.07) is 27.5. The van der Waals surface area contributed by atoms with Gasteiger partial charge in [0.2, 0.25) is 5.91 Å². The van der Waals surface area contributed by atoms with E-state index in [0.717, 1.165) is 17.1 Å². The van der Waals surface area contributed by atoms with Crippen molar-refractivity contribution in [2.75, 3.05) is 5.32 Å². The van der Waals surface area contributed by atoms with Crippen molar-refractivity contribution in [1.29, 1.82) is 0 Å². The number of hydrogen-bond donors (Lipinski definition) is 1. The second-order valence-corrected chi connectivity index (χ2v) is 9.92. The Morgan fingerprint density at radius 1 is 0.857 bits per heavy atom. The minimum absolute atomic E-state index is 0.0973. The van der Waals surface area contributed by atoms with Gasteiger partial charge in [0.25, 0.3) is 0 Å². The predicted molar refractivity (Wildman–Crippen MR) is 141 cm³/mol. The van der Waals surface area contributed by atoms with Crippen LogP contribution in [0.4, 0.5) is 5.69 Å². The summed E-state index contributed by atoms with van der Waals surface area (Å²) in [6.45, 7) is 8.16. The van der Waals surface area contributed by atoms with Gasteiger partial charge in [0.15, 0.2) is 17.1 Å². The number of anilines is 1. The van der Waals surface area contributed by atoms with Gasteiger partial charge < -0.3 is 10.1 Å². The molecule has 180 valence electrons. The van der Waals surface area contributed by atoms with Gasteiger partial charge in [-0.25, -0.2) is 0 Å². The minimum atomic E-state index is -0.380. The van der Waals surface area contributed by atoms with Crippen LogP contribution in [0.15, 0.2) is 90.1 Å². The van der Waals surface area contributed by atoms with Crippen molar-refractivity contribution in [1.82, 2.24) is 14.8 Å². The highest BCUT2D eigenvalue weighted by Crippen LogP contribution is 2.30. The first-order valence-corrected chi connectivity index (χ1v) is 12.6. The average Bonchev–Trinajstić information content (AvgIpc) is 3.29. The number of para-hydroxylation sites is 2. The van der Waals surface area contributed by atoms with Crippen LogP contribution < -0.4 is 10.1 Å². The molecule has 0 spiro atoms. The molecule has 0 bridgehead atoms. The van der Waals surface area contributed by atoms with Crippen LogP contribution in [0.25, 0.3) is 5.69 Å². The number of carbonyl (C=O) groups excluding carboxylic acids is 1. The lowest BCUT2D eigenvalue weighted by Crippen LogP contribution is -2.23. The number of ether oxygens (including phenoxy) is 1. The Labute approximate surface area is 210 Å². The molecule has 7 heteroatoms. The number of amides is 1. The van der Waals surface area contributed by atoms with E-state index in [0.29, 0.717) is 16.9 Å². The van der Waals surface area contributed by atoms with Gasteiger partial charge in [-0.1, -0.05) is 74.1 Å². The number of hydrogen-bond acceptors (Lipinski definition) is 5. The third-order valence-electron chi connectivity index (χ3n) is 5.59. The minimum Gasteiger partial charge on any atom is -0.483 e. The molecule has 0 aliphatic heterocycles. The molecule has 1 amide bonds. The number of nitrogens with zero attached hydrogens (tertiary/aromatic N) is 3. The Balaban J connectivity index is 1.56. The van der Waals surface area contributed by atoms with Crippen LogP contribution in [-0.4, -0.2) is 25.9 Å². The zero-order chi connectivity index (χ0) is 24.8. The SMILES string of the molecule is CC(Sc1nnc(C(C)Oc2ccc(C(C)C)cc2)n1-c1ccccc1)C(=O)Nc1ccccc1. The number of aromatic nitrogens is 3. The summed E-state index contributed by atoms with van der Waals surface area (Å²) >= 11 is 1.36. The number of benzene rings is 3. The van der Waals surface area contributed by atoms with Crippen LogP contribution >= 0.6 is 11.8 Å². The molecule has 3 aromatic carbocycles. The number of carbonyl (C=O) groups is 1. The van der Waals surface area contributed by atoms with Gasteiger partial charge in [0.05, 0.1) is 5.25 Å². The van der Waals surface area contributed by atoms with E-state index in [-0.39, 0.29) is 17.3 Å². The zero-order valence-corrected chi connectivity index (χ0v) is 21.2. The van der Waals surface area contributed by atoms with E-state index in [4.69, 9.17) is 4.74 Å². The third kappa shape index (κ3) is 6.11. The molecule has 2 unspecified atom stereocenters. The number of rotatable bonds is 9. The summed E-state index contributed by atoms with van der Waals surface area (Å²) in [7, 11) is 0. The fourth-order valence-electron chi connectivity index (χ4n) is 3.61. The van der Waals surface area contributed by atoms with E-state index in [1.165, 1.54) is 17.3 Å². The van der Waals surface area contributed by atoms with E-state index < -0.39 is 0 Å². The third-order valence-corrected chi connectivity index (χ3v) is 6.63. The quantitative estimate of drug-likeness (QED) is 0.268. The topological polar surface area (TPSA) is 69.0 Å². The molecule has 4 rings (SSSR count). The molecule has 35 heavy (non-hydrogen) atoms. The van der Waals surface area contributed by atoms with Crippen molar-refractivity contribution in [3.8, 4) is 11.4 Å². The molecule has 0 aliphatic rings. The van der Waals surface area contributed by atoms with Crippen LogP contribution in [0.1, 0.15) is 51.1 Å². The van der Waals surface area contributed by atoms with Crippen molar-refractivity contribution < 1.29 is 9.53 Å². The lowest BCUT2D eigenvalue weighted by Gasteiger charge is -2.18. The van der Waals surface area contributed by atoms with Gasteiger partial charge in [0.1, 0.15) is 5.75 Å². The second kappa shape index (κ2) is 11.2. The Kier molecular flexibility index (Phi) is 7.87. The summed E-state index contributed by atoms with van der Waals surface area (Å²) in [6.07, 6.45) is -0.351. The van der Waals surface area contributed by atoms with Crippen molar-refractivity contribution >= 4 is 23.4 Å². The normalized spacial score (nSPS) is 12.8. The first kappa shape index (κ1) is 24.5. The summed E-state index contributed by atoms with van der Waals surface area (Å²) in [4.78, 5) is 12.8. The standard InChI is InChI=1S/C28H30N4O2S/c1-19(2)22-15-17-25(18-16-22)34-20(3)26-30-31-28(32(26)24-13-9-6-10-14-24)35-21(4)27(33)29-23-11-7-5-8-12-23/h5-21H,1-4H3,(H,29,33). The molecule has 0 saturated heterocycles. The molecule has 0 saturated carbocycles. The Hall–Kier alpha value is -3.58. The maximum Gasteiger partial charge on any atom is 0.237 e. The van der Waals surface area contributed by atoms with E-state index in [9.17, 15) is 4.79 Å². The molecule has 4 aromatic rings. The Morgan fingerprint density at radius 2 is 1.49 bits per heavy atom. The fraction of sp³-hybridized carbons (Fsp3) is 0.250. The van der Waals surface area contributed by atoms with Crippen LogP contribution in [0.2, 0.25) is 0 Å². The second-order valence-electron chi connectivity index (χ2n) is 8.61. The van der Waals surface area contributed by atoms with Crippen molar-refractivity contribution in [2.24, 2.45) is 0 Å². The number of thioether (sulfide) groups is 1. The molecule has 0 fully saturated rings. The average molecular weight is 487 g/mol. The molecule has 1 heterocycles. The van der Waals surface area contributed by atoms with Gasteiger partial charge in [0, 0.05) is 11.4 Å². The smallest absolute Gasteiger partial charge is 0.237 e. The summed E-state index contributed by atoms with van der Waals surface area (Å²) in [5.74, 6) is 1.81. The fourth-order valence-corrected chi connectivity index (χ4v) is 4.48. The van der Waals surface area contributed by atoms with Gasteiger partial charge >= 0.3 is 0 Å². The summed E-state index contributed by atoms with van der Waals surface area (Å²) in [5.41, 5.74) is 2.94. The predicted octanol–water partition coefficient (Wildman–Crippen LogP) is 6.65. The van der Waals surface area contributed by atoms with Gasteiger partial charge in [-0.2, -0.15) is 0 Å². The molecular weight excluding hydrogens is 456 g/mol. The number of nitrogens with one attached hydrogen (secondary N) is 1. The first-order valence-electron chi connectivity index (χ1n) is 11.7. The van der Waals surface area contributed by atoms with E-state index in [1.54, 1.807) is 0 Å².